The van der Waals surface area contributed by atoms with Crippen LogP contribution < -0.4 is 5.32 Å². The molecule has 0 radical (unpaired) electrons. The lowest BCUT2D eigenvalue weighted by Gasteiger charge is -1.97. The van der Waals surface area contributed by atoms with Gasteiger partial charge in [-0.25, -0.2) is 9.97 Å². The van der Waals surface area contributed by atoms with Crippen LogP contribution in [0.3, 0.4) is 0 Å². The third kappa shape index (κ3) is 2.82. The van der Waals surface area contributed by atoms with Crippen molar-refractivity contribution >= 4 is 27.8 Å². The van der Waals surface area contributed by atoms with E-state index in [0.717, 1.165) is 36.1 Å². The SMILES string of the molecule is CCCNc1nc(-c2sc(C3CC3)nc2CC)cs1. The van der Waals surface area contributed by atoms with Crippen LogP contribution in [0, 0.1) is 0 Å². The number of hydrogen-bond donors (Lipinski definition) is 1. The molecule has 1 aliphatic carbocycles. The largest absolute Gasteiger partial charge is 0.362 e. The summed E-state index contributed by atoms with van der Waals surface area (Å²) in [7, 11) is 0. The summed E-state index contributed by atoms with van der Waals surface area (Å²) < 4.78 is 0. The first-order valence-electron chi connectivity index (χ1n) is 7.01. The fourth-order valence-electron chi connectivity index (χ4n) is 2.01. The van der Waals surface area contributed by atoms with Gasteiger partial charge in [-0.05, 0) is 25.7 Å². The van der Waals surface area contributed by atoms with Crippen molar-refractivity contribution in [3.63, 3.8) is 0 Å². The molecule has 102 valence electrons. The zero-order chi connectivity index (χ0) is 13.2. The summed E-state index contributed by atoms with van der Waals surface area (Å²) in [5.41, 5.74) is 2.32. The van der Waals surface area contributed by atoms with Crippen LogP contribution in [0.15, 0.2) is 5.38 Å². The fourth-order valence-corrected chi connectivity index (χ4v) is 4.10. The highest BCUT2D eigenvalue weighted by atomic mass is 32.1. The van der Waals surface area contributed by atoms with Crippen LogP contribution in [0.2, 0.25) is 0 Å². The molecule has 2 aromatic rings. The average molecular weight is 293 g/mol. The van der Waals surface area contributed by atoms with Gasteiger partial charge in [-0.3, -0.25) is 0 Å². The summed E-state index contributed by atoms with van der Waals surface area (Å²) in [5.74, 6) is 0.736. The maximum Gasteiger partial charge on any atom is 0.183 e. The van der Waals surface area contributed by atoms with Crippen molar-refractivity contribution in [2.24, 2.45) is 0 Å². The highest BCUT2D eigenvalue weighted by Gasteiger charge is 2.28. The first-order chi connectivity index (χ1) is 9.31. The van der Waals surface area contributed by atoms with Crippen molar-refractivity contribution in [1.29, 1.82) is 0 Å². The van der Waals surface area contributed by atoms with E-state index in [9.17, 15) is 0 Å². The van der Waals surface area contributed by atoms with E-state index in [2.05, 4.69) is 24.5 Å². The van der Waals surface area contributed by atoms with E-state index in [1.165, 1.54) is 28.4 Å². The van der Waals surface area contributed by atoms with E-state index >= 15 is 0 Å². The summed E-state index contributed by atoms with van der Waals surface area (Å²) >= 11 is 3.54. The molecular weight excluding hydrogens is 274 g/mol. The maximum atomic E-state index is 4.80. The molecule has 0 aliphatic heterocycles. The molecule has 0 spiro atoms. The molecule has 1 aliphatic rings. The van der Waals surface area contributed by atoms with Crippen molar-refractivity contribution in [2.45, 2.75) is 45.4 Å². The molecule has 19 heavy (non-hydrogen) atoms. The minimum Gasteiger partial charge on any atom is -0.362 e. The zero-order valence-electron chi connectivity index (χ0n) is 11.4. The minimum atomic E-state index is 0.736. The van der Waals surface area contributed by atoms with Crippen LogP contribution in [0.5, 0.6) is 0 Å². The highest BCUT2D eigenvalue weighted by Crippen LogP contribution is 2.45. The first kappa shape index (κ1) is 13.1. The average Bonchev–Trinajstić information content (AvgIpc) is 3.03. The Morgan fingerprint density at radius 3 is 2.84 bits per heavy atom. The fraction of sp³-hybridized carbons (Fsp3) is 0.571. The third-order valence-corrected chi connectivity index (χ3v) is 5.32. The van der Waals surface area contributed by atoms with E-state index in [0.29, 0.717) is 0 Å². The molecule has 5 heteroatoms. The number of nitrogens with zero attached hydrogens (tertiary/aromatic N) is 2. The number of anilines is 1. The quantitative estimate of drug-likeness (QED) is 0.850. The minimum absolute atomic E-state index is 0.736. The van der Waals surface area contributed by atoms with Gasteiger partial charge in [0.2, 0.25) is 0 Å². The summed E-state index contributed by atoms with van der Waals surface area (Å²) in [6, 6.07) is 0. The molecule has 2 heterocycles. The van der Waals surface area contributed by atoms with Gasteiger partial charge in [0.05, 0.1) is 21.3 Å². The van der Waals surface area contributed by atoms with Crippen LogP contribution >= 0.6 is 22.7 Å². The smallest absolute Gasteiger partial charge is 0.183 e. The number of hydrogen-bond acceptors (Lipinski definition) is 5. The molecule has 0 aromatic carbocycles. The van der Waals surface area contributed by atoms with Gasteiger partial charge in [-0.1, -0.05) is 13.8 Å². The van der Waals surface area contributed by atoms with Crippen LogP contribution in [0.4, 0.5) is 5.13 Å². The third-order valence-electron chi connectivity index (χ3n) is 3.24. The van der Waals surface area contributed by atoms with E-state index in [4.69, 9.17) is 9.97 Å². The number of aromatic nitrogens is 2. The lowest BCUT2D eigenvalue weighted by molar-refractivity contribution is 0.976. The lowest BCUT2D eigenvalue weighted by atomic mass is 10.2. The summed E-state index contributed by atoms with van der Waals surface area (Å²) in [6.45, 7) is 5.34. The van der Waals surface area contributed by atoms with Gasteiger partial charge in [0.1, 0.15) is 0 Å². The zero-order valence-corrected chi connectivity index (χ0v) is 13.0. The van der Waals surface area contributed by atoms with Gasteiger partial charge in [0.25, 0.3) is 0 Å². The molecule has 1 saturated carbocycles. The number of thiazole rings is 2. The number of nitrogens with one attached hydrogen (secondary N) is 1. The van der Waals surface area contributed by atoms with Gasteiger partial charge in [-0.15, -0.1) is 22.7 Å². The monoisotopic (exact) mass is 293 g/mol. The number of aryl methyl sites for hydroxylation is 1. The second-order valence-electron chi connectivity index (χ2n) is 4.92. The van der Waals surface area contributed by atoms with E-state index in [1.807, 2.05) is 11.3 Å². The summed E-state index contributed by atoms with van der Waals surface area (Å²) in [6.07, 6.45) is 4.75. The van der Waals surface area contributed by atoms with Gasteiger partial charge in [0, 0.05) is 17.8 Å². The van der Waals surface area contributed by atoms with Crippen molar-refractivity contribution in [1.82, 2.24) is 9.97 Å². The van der Waals surface area contributed by atoms with Crippen molar-refractivity contribution in [2.75, 3.05) is 11.9 Å². The van der Waals surface area contributed by atoms with Crippen LogP contribution in [0.25, 0.3) is 10.6 Å². The van der Waals surface area contributed by atoms with Crippen molar-refractivity contribution in [3.05, 3.63) is 16.1 Å². The molecule has 0 saturated heterocycles. The second-order valence-corrected chi connectivity index (χ2v) is 6.81. The Morgan fingerprint density at radius 2 is 2.16 bits per heavy atom. The Kier molecular flexibility index (Phi) is 3.84. The Morgan fingerprint density at radius 1 is 1.32 bits per heavy atom. The Balaban J connectivity index is 1.85. The van der Waals surface area contributed by atoms with Crippen molar-refractivity contribution < 1.29 is 0 Å². The topological polar surface area (TPSA) is 37.8 Å². The molecule has 1 N–H and O–H groups in total. The molecule has 0 bridgehead atoms. The Labute approximate surface area is 122 Å². The molecule has 0 atom stereocenters. The molecule has 2 aromatic heterocycles. The van der Waals surface area contributed by atoms with Gasteiger partial charge in [0.15, 0.2) is 5.13 Å². The molecule has 1 fully saturated rings. The highest BCUT2D eigenvalue weighted by molar-refractivity contribution is 7.17. The maximum absolute atomic E-state index is 4.80. The van der Waals surface area contributed by atoms with Crippen LogP contribution in [-0.2, 0) is 6.42 Å². The van der Waals surface area contributed by atoms with Crippen molar-refractivity contribution in [3.8, 4) is 10.6 Å². The summed E-state index contributed by atoms with van der Waals surface area (Å²) in [4.78, 5) is 10.8. The van der Waals surface area contributed by atoms with Gasteiger partial charge >= 0.3 is 0 Å². The summed E-state index contributed by atoms with van der Waals surface area (Å²) in [5, 5.41) is 7.86. The molecular formula is C14H19N3S2. The second kappa shape index (κ2) is 5.59. The van der Waals surface area contributed by atoms with Gasteiger partial charge in [-0.2, -0.15) is 0 Å². The van der Waals surface area contributed by atoms with E-state index in [1.54, 1.807) is 11.3 Å². The molecule has 0 unspecified atom stereocenters. The molecule has 0 amide bonds. The van der Waals surface area contributed by atoms with Crippen LogP contribution in [0.1, 0.15) is 49.7 Å². The van der Waals surface area contributed by atoms with E-state index < -0.39 is 0 Å². The standard InChI is InChI=1S/C14H19N3S2/c1-3-7-15-14-17-11(8-18-14)12-10(4-2)16-13(19-12)9-5-6-9/h8-9H,3-7H2,1-2H3,(H,15,17). The van der Waals surface area contributed by atoms with Crippen LogP contribution in [-0.4, -0.2) is 16.5 Å². The number of rotatable bonds is 6. The Hall–Kier alpha value is -0.940. The predicted molar refractivity (Wildman–Crippen MR) is 83.4 cm³/mol. The predicted octanol–water partition coefficient (Wildman–Crippen LogP) is 4.53. The lowest BCUT2D eigenvalue weighted by Crippen LogP contribution is -1.98. The first-order valence-corrected chi connectivity index (χ1v) is 8.70. The Bertz CT molecular complexity index is 555. The van der Waals surface area contributed by atoms with E-state index in [-0.39, 0.29) is 0 Å². The van der Waals surface area contributed by atoms with Gasteiger partial charge < -0.3 is 5.32 Å². The molecule has 3 nitrogen and oxygen atoms in total. The normalized spacial score (nSPS) is 14.8. The molecule has 3 rings (SSSR count).